The lowest BCUT2D eigenvalue weighted by atomic mass is 9.81. The molecule has 0 bridgehead atoms. The van der Waals surface area contributed by atoms with Crippen LogP contribution in [0.5, 0.6) is 5.75 Å². The molecule has 5 rings (SSSR count). The molecule has 1 aliphatic rings. The Labute approximate surface area is 282 Å². The first-order chi connectivity index (χ1) is 22.7. The average Bonchev–Trinajstić information content (AvgIpc) is 3.02. The van der Waals surface area contributed by atoms with Crippen molar-refractivity contribution in [2.75, 3.05) is 24.6 Å². The Bertz CT molecular complexity index is 1700. The molecule has 0 amide bonds. The van der Waals surface area contributed by atoms with Gasteiger partial charge in [0.2, 0.25) is 0 Å². The Balaban J connectivity index is 1.62. The summed E-state index contributed by atoms with van der Waals surface area (Å²) < 4.78 is 39.5. The number of anilines is 1. The van der Waals surface area contributed by atoms with Crippen LogP contribution in [0.2, 0.25) is 0 Å². The normalized spacial score (nSPS) is 15.3. The number of benzene rings is 3. The third kappa shape index (κ3) is 8.78. The second-order valence-corrected chi connectivity index (χ2v) is 14.4. The molecule has 3 aromatic carbocycles. The van der Waals surface area contributed by atoms with Crippen molar-refractivity contribution in [2.45, 2.75) is 78.9 Å². The minimum atomic E-state index is -1.24. The van der Waals surface area contributed by atoms with E-state index in [0.29, 0.717) is 36.5 Å². The van der Waals surface area contributed by atoms with Crippen LogP contribution in [0.4, 0.5) is 14.5 Å². The van der Waals surface area contributed by atoms with Crippen molar-refractivity contribution in [3.05, 3.63) is 113 Å². The van der Waals surface area contributed by atoms with Crippen molar-refractivity contribution >= 4 is 11.7 Å². The zero-order valence-corrected chi connectivity index (χ0v) is 28.8. The molecule has 2 heterocycles. The minimum Gasteiger partial charge on any atom is -0.493 e. The smallest absolute Gasteiger partial charge is 0.337 e. The van der Waals surface area contributed by atoms with E-state index in [4.69, 9.17) is 14.5 Å². The van der Waals surface area contributed by atoms with Crippen LogP contribution < -0.4 is 9.64 Å². The van der Waals surface area contributed by atoms with E-state index >= 15 is 0 Å². The first-order valence-electron chi connectivity index (χ1n) is 16.6. The van der Waals surface area contributed by atoms with E-state index in [-0.39, 0.29) is 17.0 Å². The van der Waals surface area contributed by atoms with Gasteiger partial charge in [-0.1, -0.05) is 50.2 Å². The standard InChI is InChI=1S/C40H46F2N2O4/c1-26-34(37(38(45)46)48-39(2,3)4)36(44-22-20-40(5,6)21-23-44)35(33(43-26)25-28-9-15-31(42)16-10-28)29-11-17-32(18-12-29)47-24-19-27-7-13-30(41)14-8-27/h7-18,37H,19-25H2,1-6H3,(H,45,46). The molecule has 0 radical (unpaired) electrons. The van der Waals surface area contributed by atoms with Crippen LogP contribution in [-0.4, -0.2) is 41.4 Å². The number of hydrogen-bond acceptors (Lipinski definition) is 5. The molecule has 6 nitrogen and oxygen atoms in total. The van der Waals surface area contributed by atoms with E-state index in [1.54, 1.807) is 24.3 Å². The average molecular weight is 657 g/mol. The summed E-state index contributed by atoms with van der Waals surface area (Å²) in [5.74, 6) is -0.971. The number of halogens is 2. The van der Waals surface area contributed by atoms with Gasteiger partial charge < -0.3 is 19.5 Å². The van der Waals surface area contributed by atoms with Gasteiger partial charge in [0.25, 0.3) is 0 Å². The third-order valence-electron chi connectivity index (χ3n) is 8.86. The Kier molecular flexibility index (Phi) is 10.5. The van der Waals surface area contributed by atoms with Crippen molar-refractivity contribution in [1.29, 1.82) is 0 Å². The molecule has 0 spiro atoms. The highest BCUT2D eigenvalue weighted by Gasteiger charge is 2.37. The summed E-state index contributed by atoms with van der Waals surface area (Å²) in [5, 5.41) is 10.6. The van der Waals surface area contributed by atoms with E-state index in [2.05, 4.69) is 18.7 Å². The fraction of sp³-hybridized carbons (Fsp3) is 0.400. The second-order valence-electron chi connectivity index (χ2n) is 14.4. The summed E-state index contributed by atoms with van der Waals surface area (Å²) in [6, 6.07) is 20.6. The highest BCUT2D eigenvalue weighted by Crippen LogP contribution is 2.45. The summed E-state index contributed by atoms with van der Waals surface area (Å²) in [5.41, 5.74) is 5.74. The largest absolute Gasteiger partial charge is 0.493 e. The molecular weight excluding hydrogens is 610 g/mol. The molecule has 1 aliphatic heterocycles. The Morgan fingerprint density at radius 2 is 1.48 bits per heavy atom. The molecule has 8 heteroatoms. The predicted octanol–water partition coefficient (Wildman–Crippen LogP) is 9.11. The van der Waals surface area contributed by atoms with Crippen LogP contribution >= 0.6 is 0 Å². The molecule has 0 aliphatic carbocycles. The maximum Gasteiger partial charge on any atom is 0.337 e. The molecular formula is C40H46F2N2O4. The molecule has 4 aromatic rings. The van der Waals surface area contributed by atoms with Crippen LogP contribution in [-0.2, 0) is 22.4 Å². The fourth-order valence-electron chi connectivity index (χ4n) is 6.21. The molecule has 48 heavy (non-hydrogen) atoms. The second kappa shape index (κ2) is 14.4. The van der Waals surface area contributed by atoms with Crippen LogP contribution in [0.1, 0.15) is 81.6 Å². The number of carboxylic acids is 1. The quantitative estimate of drug-likeness (QED) is 0.174. The summed E-state index contributed by atoms with van der Waals surface area (Å²) in [6.45, 7) is 13.9. The predicted molar refractivity (Wildman–Crippen MR) is 186 cm³/mol. The van der Waals surface area contributed by atoms with E-state index in [9.17, 15) is 18.7 Å². The van der Waals surface area contributed by atoms with Gasteiger partial charge in [0.05, 0.1) is 23.6 Å². The topological polar surface area (TPSA) is 71.9 Å². The van der Waals surface area contributed by atoms with Crippen molar-refractivity contribution in [3.63, 3.8) is 0 Å². The van der Waals surface area contributed by atoms with Crippen molar-refractivity contribution < 1.29 is 28.2 Å². The molecule has 1 fully saturated rings. The Hall–Kier alpha value is -4.30. The van der Waals surface area contributed by atoms with E-state index in [0.717, 1.165) is 59.6 Å². The van der Waals surface area contributed by atoms with Crippen molar-refractivity contribution in [2.24, 2.45) is 5.41 Å². The maximum atomic E-state index is 13.9. The SMILES string of the molecule is Cc1nc(Cc2ccc(F)cc2)c(-c2ccc(OCCc3ccc(F)cc3)cc2)c(N2CCC(C)(C)CC2)c1C(OC(C)(C)C)C(=O)O. The highest BCUT2D eigenvalue weighted by molar-refractivity contribution is 5.88. The van der Waals surface area contributed by atoms with E-state index < -0.39 is 17.7 Å². The minimum absolute atomic E-state index is 0.164. The molecule has 1 atom stereocenters. The van der Waals surface area contributed by atoms with Gasteiger partial charge in [0.15, 0.2) is 6.10 Å². The lowest BCUT2D eigenvalue weighted by Gasteiger charge is -2.41. The number of nitrogens with zero attached hydrogens (tertiary/aromatic N) is 2. The summed E-state index contributed by atoms with van der Waals surface area (Å²) in [7, 11) is 0. The number of piperidine rings is 1. The highest BCUT2D eigenvalue weighted by atomic mass is 19.1. The zero-order valence-electron chi connectivity index (χ0n) is 28.8. The van der Waals surface area contributed by atoms with Gasteiger partial charge >= 0.3 is 5.97 Å². The number of aromatic nitrogens is 1. The van der Waals surface area contributed by atoms with Gasteiger partial charge in [-0.05, 0) is 99.0 Å². The summed E-state index contributed by atoms with van der Waals surface area (Å²) in [6.07, 6.45) is 1.71. The number of hydrogen-bond donors (Lipinski definition) is 1. The summed E-state index contributed by atoms with van der Waals surface area (Å²) in [4.78, 5) is 20.3. The van der Waals surface area contributed by atoms with E-state index in [1.807, 2.05) is 52.0 Å². The molecule has 1 saturated heterocycles. The molecule has 1 N–H and O–H groups in total. The lowest BCUT2D eigenvalue weighted by Crippen LogP contribution is -2.39. The van der Waals surface area contributed by atoms with Gasteiger partial charge in [-0.15, -0.1) is 0 Å². The van der Waals surface area contributed by atoms with Gasteiger partial charge in [-0.25, -0.2) is 13.6 Å². The Morgan fingerprint density at radius 1 is 0.917 bits per heavy atom. The zero-order chi connectivity index (χ0) is 34.6. The summed E-state index contributed by atoms with van der Waals surface area (Å²) >= 11 is 0. The first-order valence-corrected chi connectivity index (χ1v) is 16.6. The lowest BCUT2D eigenvalue weighted by molar-refractivity contribution is -0.160. The van der Waals surface area contributed by atoms with Crippen molar-refractivity contribution in [3.8, 4) is 16.9 Å². The molecule has 0 saturated carbocycles. The van der Waals surface area contributed by atoms with Crippen LogP contribution in [0.25, 0.3) is 11.1 Å². The number of rotatable bonds is 11. The number of carbonyl (C=O) groups is 1. The third-order valence-corrected chi connectivity index (χ3v) is 8.86. The number of pyridine rings is 1. The number of carboxylic acid groups (broad SMARTS) is 1. The van der Waals surface area contributed by atoms with Gasteiger partial charge in [0, 0.05) is 42.8 Å². The maximum absolute atomic E-state index is 13.9. The molecule has 1 unspecified atom stereocenters. The van der Waals surface area contributed by atoms with Crippen molar-refractivity contribution in [1.82, 2.24) is 4.98 Å². The monoisotopic (exact) mass is 656 g/mol. The number of aryl methyl sites for hydroxylation is 1. The first kappa shape index (κ1) is 35.0. The molecule has 254 valence electrons. The van der Waals surface area contributed by atoms with E-state index in [1.165, 1.54) is 24.3 Å². The molecule has 1 aromatic heterocycles. The van der Waals surface area contributed by atoms with Crippen LogP contribution in [0, 0.1) is 24.0 Å². The number of aliphatic carboxylic acids is 1. The van der Waals surface area contributed by atoms with Crippen LogP contribution in [0.15, 0.2) is 72.8 Å². The number of ether oxygens (including phenoxy) is 2. The van der Waals surface area contributed by atoms with Crippen LogP contribution in [0.3, 0.4) is 0 Å². The fourth-order valence-corrected chi connectivity index (χ4v) is 6.21. The Morgan fingerprint density at radius 3 is 2.02 bits per heavy atom. The van der Waals surface area contributed by atoms with Gasteiger partial charge in [0.1, 0.15) is 17.4 Å². The van der Waals surface area contributed by atoms with Gasteiger partial charge in [-0.2, -0.15) is 0 Å². The van der Waals surface area contributed by atoms with Gasteiger partial charge in [-0.3, -0.25) is 4.98 Å².